The zero-order chi connectivity index (χ0) is 13.0. The van der Waals surface area contributed by atoms with Crippen LogP contribution in [0.25, 0.3) is 0 Å². The van der Waals surface area contributed by atoms with Gasteiger partial charge in [0, 0.05) is 11.2 Å². The molecule has 0 saturated carbocycles. The lowest BCUT2D eigenvalue weighted by atomic mass is 10.1. The van der Waals surface area contributed by atoms with Crippen molar-refractivity contribution >= 4 is 23.2 Å². The molecule has 1 heterocycles. The second-order valence-corrected chi connectivity index (χ2v) is 4.05. The van der Waals surface area contributed by atoms with E-state index < -0.39 is 0 Å². The number of rotatable bonds is 3. The summed E-state index contributed by atoms with van der Waals surface area (Å²) in [6, 6.07) is 8.79. The van der Waals surface area contributed by atoms with Crippen LogP contribution in [0.15, 0.2) is 41.6 Å². The van der Waals surface area contributed by atoms with E-state index >= 15 is 0 Å². The minimum Gasteiger partial charge on any atom is -0.273 e. The smallest absolute Gasteiger partial charge is 0.273 e. The summed E-state index contributed by atoms with van der Waals surface area (Å²) in [5.74, 6) is -0.333. The molecular formula is C12H11ClN4O. The molecule has 6 heteroatoms. The predicted octanol–water partition coefficient (Wildman–Crippen LogP) is 2.22. The summed E-state index contributed by atoms with van der Waals surface area (Å²) < 4.78 is 0. The van der Waals surface area contributed by atoms with Gasteiger partial charge in [0.1, 0.15) is 5.69 Å². The Labute approximate surface area is 109 Å². The molecule has 1 aromatic heterocycles. The Kier molecular flexibility index (Phi) is 3.74. The highest BCUT2D eigenvalue weighted by molar-refractivity contribution is 6.30. The number of aromatic nitrogens is 2. The number of hydrogen-bond donors (Lipinski definition) is 2. The molecule has 2 N–H and O–H groups in total. The van der Waals surface area contributed by atoms with Crippen LogP contribution in [-0.2, 0) is 0 Å². The van der Waals surface area contributed by atoms with Crippen LogP contribution in [0.3, 0.4) is 0 Å². The summed E-state index contributed by atoms with van der Waals surface area (Å²) in [7, 11) is 0. The number of carbonyl (C=O) groups is 1. The van der Waals surface area contributed by atoms with Crippen molar-refractivity contribution in [1.29, 1.82) is 0 Å². The fourth-order valence-corrected chi connectivity index (χ4v) is 1.46. The summed E-state index contributed by atoms with van der Waals surface area (Å²) in [5.41, 5.74) is 4.39. The van der Waals surface area contributed by atoms with Gasteiger partial charge in [-0.3, -0.25) is 9.89 Å². The molecule has 0 spiro atoms. The van der Waals surface area contributed by atoms with E-state index in [-0.39, 0.29) is 5.91 Å². The van der Waals surface area contributed by atoms with Gasteiger partial charge >= 0.3 is 0 Å². The maximum absolute atomic E-state index is 11.6. The molecule has 18 heavy (non-hydrogen) atoms. The molecule has 0 atom stereocenters. The summed E-state index contributed by atoms with van der Waals surface area (Å²) in [4.78, 5) is 11.6. The number of benzene rings is 1. The SMILES string of the molecule is CC(=NNC(=O)c1ccn[nH]1)c1ccc(Cl)cc1. The molecule has 0 aliphatic rings. The first-order chi connectivity index (χ1) is 8.66. The lowest BCUT2D eigenvalue weighted by Crippen LogP contribution is -2.19. The lowest BCUT2D eigenvalue weighted by Gasteiger charge is -2.01. The van der Waals surface area contributed by atoms with Crippen LogP contribution in [0.1, 0.15) is 23.0 Å². The van der Waals surface area contributed by atoms with Crippen molar-refractivity contribution in [3.63, 3.8) is 0 Å². The quantitative estimate of drug-likeness (QED) is 0.658. The first-order valence-electron chi connectivity index (χ1n) is 5.27. The van der Waals surface area contributed by atoms with Gasteiger partial charge in [0.15, 0.2) is 0 Å². The van der Waals surface area contributed by atoms with E-state index in [1.54, 1.807) is 25.1 Å². The summed E-state index contributed by atoms with van der Waals surface area (Å²) in [6.07, 6.45) is 1.50. The highest BCUT2D eigenvalue weighted by atomic mass is 35.5. The zero-order valence-corrected chi connectivity index (χ0v) is 10.4. The Balaban J connectivity index is 2.05. The number of H-pyrrole nitrogens is 1. The Hall–Kier alpha value is -2.14. The Morgan fingerprint density at radius 2 is 2.06 bits per heavy atom. The molecule has 0 radical (unpaired) electrons. The van der Waals surface area contributed by atoms with Gasteiger partial charge in [-0.25, -0.2) is 5.43 Å². The number of hydrogen-bond acceptors (Lipinski definition) is 3. The van der Waals surface area contributed by atoms with E-state index in [1.165, 1.54) is 6.20 Å². The summed E-state index contributed by atoms with van der Waals surface area (Å²) in [5, 5.41) is 10.9. The van der Waals surface area contributed by atoms with Crippen LogP contribution in [0.4, 0.5) is 0 Å². The molecule has 0 aliphatic heterocycles. The Morgan fingerprint density at radius 3 is 2.67 bits per heavy atom. The van der Waals surface area contributed by atoms with Crippen LogP contribution in [-0.4, -0.2) is 21.8 Å². The standard InChI is InChI=1S/C12H11ClN4O/c1-8(9-2-4-10(13)5-3-9)15-17-12(18)11-6-7-14-16-11/h2-7H,1H3,(H,14,16)(H,17,18). The predicted molar refractivity (Wildman–Crippen MR) is 69.7 cm³/mol. The normalized spacial score (nSPS) is 11.3. The molecule has 0 bridgehead atoms. The van der Waals surface area contributed by atoms with Gasteiger partial charge in [0.25, 0.3) is 5.91 Å². The number of hydrazone groups is 1. The van der Waals surface area contributed by atoms with Crippen molar-refractivity contribution in [3.05, 3.63) is 52.8 Å². The largest absolute Gasteiger partial charge is 0.289 e. The average Bonchev–Trinajstić information content (AvgIpc) is 2.90. The van der Waals surface area contributed by atoms with Crippen LogP contribution in [0.5, 0.6) is 0 Å². The van der Waals surface area contributed by atoms with Gasteiger partial charge in [-0.2, -0.15) is 10.2 Å². The van der Waals surface area contributed by atoms with Crippen molar-refractivity contribution < 1.29 is 4.79 Å². The second-order valence-electron chi connectivity index (χ2n) is 3.62. The molecular weight excluding hydrogens is 252 g/mol. The zero-order valence-electron chi connectivity index (χ0n) is 9.64. The maximum atomic E-state index is 11.6. The maximum Gasteiger partial charge on any atom is 0.289 e. The number of nitrogens with zero attached hydrogens (tertiary/aromatic N) is 2. The number of amides is 1. The van der Waals surface area contributed by atoms with E-state index in [9.17, 15) is 4.79 Å². The monoisotopic (exact) mass is 262 g/mol. The van der Waals surface area contributed by atoms with Gasteiger partial charge in [-0.1, -0.05) is 23.7 Å². The van der Waals surface area contributed by atoms with Gasteiger partial charge in [0.05, 0.1) is 5.71 Å². The molecule has 0 unspecified atom stereocenters. The van der Waals surface area contributed by atoms with Crippen molar-refractivity contribution in [2.45, 2.75) is 6.92 Å². The molecule has 2 rings (SSSR count). The van der Waals surface area contributed by atoms with Crippen molar-refractivity contribution in [2.75, 3.05) is 0 Å². The third-order valence-corrected chi connectivity index (χ3v) is 2.58. The minimum absolute atomic E-state index is 0.333. The van der Waals surface area contributed by atoms with E-state index in [0.717, 1.165) is 5.56 Å². The molecule has 92 valence electrons. The fraction of sp³-hybridized carbons (Fsp3) is 0.0833. The van der Waals surface area contributed by atoms with Crippen LogP contribution < -0.4 is 5.43 Å². The number of carbonyl (C=O) groups excluding carboxylic acids is 1. The Morgan fingerprint density at radius 1 is 1.33 bits per heavy atom. The average molecular weight is 263 g/mol. The molecule has 0 fully saturated rings. The third kappa shape index (κ3) is 2.95. The van der Waals surface area contributed by atoms with Crippen LogP contribution in [0.2, 0.25) is 5.02 Å². The molecule has 0 aliphatic carbocycles. The van der Waals surface area contributed by atoms with E-state index in [4.69, 9.17) is 11.6 Å². The van der Waals surface area contributed by atoms with Gasteiger partial charge < -0.3 is 0 Å². The first-order valence-corrected chi connectivity index (χ1v) is 5.64. The molecule has 1 aromatic carbocycles. The van der Waals surface area contributed by atoms with Gasteiger partial charge in [-0.15, -0.1) is 0 Å². The summed E-state index contributed by atoms with van der Waals surface area (Å²) >= 11 is 5.79. The van der Waals surface area contributed by atoms with Crippen molar-refractivity contribution in [1.82, 2.24) is 15.6 Å². The number of aromatic amines is 1. The second kappa shape index (κ2) is 5.46. The highest BCUT2D eigenvalue weighted by Gasteiger charge is 2.05. The minimum atomic E-state index is -0.333. The van der Waals surface area contributed by atoms with E-state index in [0.29, 0.717) is 16.4 Å². The van der Waals surface area contributed by atoms with Gasteiger partial charge in [0.2, 0.25) is 0 Å². The van der Waals surface area contributed by atoms with Crippen LogP contribution in [0, 0.1) is 0 Å². The number of halogens is 1. The molecule has 1 amide bonds. The molecule has 0 saturated heterocycles. The van der Waals surface area contributed by atoms with Crippen LogP contribution >= 0.6 is 11.6 Å². The highest BCUT2D eigenvalue weighted by Crippen LogP contribution is 2.10. The lowest BCUT2D eigenvalue weighted by molar-refractivity contribution is 0.0950. The van der Waals surface area contributed by atoms with Crippen molar-refractivity contribution in [3.8, 4) is 0 Å². The fourth-order valence-electron chi connectivity index (χ4n) is 1.33. The van der Waals surface area contributed by atoms with E-state index in [1.807, 2.05) is 12.1 Å². The van der Waals surface area contributed by atoms with Crippen molar-refractivity contribution in [2.24, 2.45) is 5.10 Å². The molecule has 2 aromatic rings. The third-order valence-electron chi connectivity index (χ3n) is 2.33. The van der Waals surface area contributed by atoms with Gasteiger partial charge in [-0.05, 0) is 30.7 Å². The summed E-state index contributed by atoms with van der Waals surface area (Å²) in [6.45, 7) is 1.80. The number of nitrogens with one attached hydrogen (secondary N) is 2. The first kappa shape index (κ1) is 12.3. The van der Waals surface area contributed by atoms with E-state index in [2.05, 4.69) is 20.7 Å². The molecule has 5 nitrogen and oxygen atoms in total. The topological polar surface area (TPSA) is 70.1 Å². The Bertz CT molecular complexity index is 560.